The van der Waals surface area contributed by atoms with Crippen molar-refractivity contribution in [3.63, 3.8) is 0 Å². The summed E-state index contributed by atoms with van der Waals surface area (Å²) in [6.45, 7) is 1.01. The fourth-order valence-electron chi connectivity index (χ4n) is 3.82. The molecule has 1 saturated carbocycles. The van der Waals surface area contributed by atoms with Crippen LogP contribution in [0, 0.1) is 0 Å². The summed E-state index contributed by atoms with van der Waals surface area (Å²) in [5.41, 5.74) is 1.87. The molecule has 5 nitrogen and oxygen atoms in total. The van der Waals surface area contributed by atoms with Crippen LogP contribution in [0.2, 0.25) is 0 Å². The van der Waals surface area contributed by atoms with Crippen LogP contribution < -0.4 is 4.90 Å². The largest absolute Gasteiger partial charge is 0.310 e. The molecule has 4 rings (SSSR count). The number of rotatable bonds is 2. The Bertz CT molecular complexity index is 796. The molecule has 1 saturated heterocycles. The molecular formula is C18H22N2O3S. The van der Waals surface area contributed by atoms with Crippen LogP contribution in [-0.2, 0) is 14.8 Å². The molecule has 0 radical (unpaired) electrons. The number of benzene rings is 1. The SMILES string of the molecule is O=C(CN1CCCC2(CC2)S1(=O)=O)N1CCC=Cc2ccccc21. The molecule has 1 aromatic rings. The maximum Gasteiger partial charge on any atom is 0.242 e. The number of carbonyl (C=O) groups is 1. The summed E-state index contributed by atoms with van der Waals surface area (Å²) in [6, 6.07) is 7.77. The third-order valence-corrected chi connectivity index (χ3v) is 8.09. The Labute approximate surface area is 143 Å². The number of nitrogens with zero attached hydrogens (tertiary/aromatic N) is 2. The molecule has 0 N–H and O–H groups in total. The van der Waals surface area contributed by atoms with Gasteiger partial charge in [-0.3, -0.25) is 4.79 Å². The van der Waals surface area contributed by atoms with Gasteiger partial charge in [-0.25, -0.2) is 8.42 Å². The van der Waals surface area contributed by atoms with Gasteiger partial charge in [0, 0.05) is 13.1 Å². The highest BCUT2D eigenvalue weighted by atomic mass is 32.2. The molecule has 0 unspecified atom stereocenters. The van der Waals surface area contributed by atoms with E-state index in [4.69, 9.17) is 0 Å². The van der Waals surface area contributed by atoms with E-state index in [2.05, 4.69) is 6.08 Å². The van der Waals surface area contributed by atoms with E-state index in [0.717, 1.165) is 43.4 Å². The second-order valence-corrected chi connectivity index (χ2v) is 9.25. The smallest absolute Gasteiger partial charge is 0.242 e. The molecule has 0 atom stereocenters. The Morgan fingerprint density at radius 3 is 2.71 bits per heavy atom. The highest BCUT2D eigenvalue weighted by Gasteiger charge is 2.58. The first-order valence-corrected chi connectivity index (χ1v) is 10.0. The van der Waals surface area contributed by atoms with Gasteiger partial charge in [-0.1, -0.05) is 30.4 Å². The summed E-state index contributed by atoms with van der Waals surface area (Å²) in [7, 11) is -3.34. The van der Waals surface area contributed by atoms with Gasteiger partial charge in [-0.05, 0) is 43.7 Å². The molecule has 2 aliphatic heterocycles. The van der Waals surface area contributed by atoms with Crippen molar-refractivity contribution < 1.29 is 13.2 Å². The summed E-state index contributed by atoms with van der Waals surface area (Å²) in [4.78, 5) is 14.6. The molecule has 6 heteroatoms. The zero-order chi connectivity index (χ0) is 16.8. The predicted octanol–water partition coefficient (Wildman–Crippen LogP) is 2.39. The van der Waals surface area contributed by atoms with Gasteiger partial charge in [0.05, 0.1) is 17.0 Å². The lowest BCUT2D eigenvalue weighted by molar-refractivity contribution is -0.118. The number of sulfonamides is 1. The molecule has 2 heterocycles. The second-order valence-electron chi connectivity index (χ2n) is 6.92. The summed E-state index contributed by atoms with van der Waals surface area (Å²) in [5.74, 6) is -0.132. The Hall–Kier alpha value is -1.66. The number of anilines is 1. The first-order chi connectivity index (χ1) is 11.5. The fraction of sp³-hybridized carbons (Fsp3) is 0.500. The minimum Gasteiger partial charge on any atom is -0.310 e. The third-order valence-electron chi connectivity index (χ3n) is 5.39. The fourth-order valence-corrected chi connectivity index (χ4v) is 6.03. The quantitative estimate of drug-likeness (QED) is 0.826. The van der Waals surface area contributed by atoms with Gasteiger partial charge in [-0.15, -0.1) is 0 Å². The topological polar surface area (TPSA) is 57.7 Å². The lowest BCUT2D eigenvalue weighted by Crippen LogP contribution is -2.50. The molecule has 128 valence electrons. The van der Waals surface area contributed by atoms with E-state index >= 15 is 0 Å². The number of fused-ring (bicyclic) bond motifs is 1. The van der Waals surface area contributed by atoms with Crippen LogP contribution in [0.25, 0.3) is 6.08 Å². The van der Waals surface area contributed by atoms with Crippen LogP contribution >= 0.6 is 0 Å². The monoisotopic (exact) mass is 346 g/mol. The van der Waals surface area contributed by atoms with Crippen LogP contribution in [0.4, 0.5) is 5.69 Å². The van der Waals surface area contributed by atoms with E-state index in [1.54, 1.807) is 4.90 Å². The lowest BCUT2D eigenvalue weighted by Gasteiger charge is -2.33. The average molecular weight is 346 g/mol. The number of carbonyl (C=O) groups excluding carboxylic acids is 1. The maximum atomic E-state index is 12.9. The van der Waals surface area contributed by atoms with Crippen LogP contribution in [0.3, 0.4) is 0 Å². The standard InChI is InChI=1S/C18H22N2O3S/c21-17(14-19-12-5-9-18(10-11-18)24(19,22)23)20-13-4-3-7-15-6-1-2-8-16(15)20/h1-3,6-8H,4-5,9-14H2. The van der Waals surface area contributed by atoms with Crippen LogP contribution in [0.5, 0.6) is 0 Å². The molecule has 1 aromatic carbocycles. The molecule has 2 fully saturated rings. The van der Waals surface area contributed by atoms with Crippen molar-refractivity contribution in [3.05, 3.63) is 35.9 Å². The van der Waals surface area contributed by atoms with Crippen molar-refractivity contribution >= 4 is 27.7 Å². The van der Waals surface area contributed by atoms with E-state index in [9.17, 15) is 13.2 Å². The van der Waals surface area contributed by atoms with Crippen molar-refractivity contribution in [2.24, 2.45) is 0 Å². The molecular weight excluding hydrogens is 324 g/mol. The zero-order valence-corrected chi connectivity index (χ0v) is 14.5. The van der Waals surface area contributed by atoms with Crippen LogP contribution in [0.15, 0.2) is 30.3 Å². The number of hydrogen-bond donors (Lipinski definition) is 0. The summed E-state index contributed by atoms with van der Waals surface area (Å²) in [5, 5.41) is 0. The number of hydrogen-bond acceptors (Lipinski definition) is 3. The van der Waals surface area contributed by atoms with Crippen molar-refractivity contribution in [2.45, 2.75) is 36.9 Å². The maximum absolute atomic E-state index is 12.9. The Morgan fingerprint density at radius 2 is 1.92 bits per heavy atom. The van der Waals surface area contributed by atoms with Gasteiger partial charge in [-0.2, -0.15) is 4.31 Å². The molecule has 24 heavy (non-hydrogen) atoms. The van der Waals surface area contributed by atoms with E-state index in [1.807, 2.05) is 30.3 Å². The first kappa shape index (κ1) is 15.8. The minimum absolute atomic E-state index is 0.0432. The summed E-state index contributed by atoms with van der Waals surface area (Å²) < 4.78 is 26.4. The molecule has 1 amide bonds. The summed E-state index contributed by atoms with van der Waals surface area (Å²) >= 11 is 0. The van der Waals surface area contributed by atoms with Crippen LogP contribution in [0.1, 0.15) is 37.7 Å². The normalized spacial score (nSPS) is 24.4. The van der Waals surface area contributed by atoms with E-state index < -0.39 is 14.8 Å². The van der Waals surface area contributed by atoms with Crippen molar-refractivity contribution in [2.75, 3.05) is 24.5 Å². The molecule has 1 aliphatic carbocycles. The van der Waals surface area contributed by atoms with Gasteiger partial charge < -0.3 is 4.90 Å². The van der Waals surface area contributed by atoms with E-state index in [1.165, 1.54) is 4.31 Å². The lowest BCUT2D eigenvalue weighted by atomic mass is 10.1. The number of para-hydroxylation sites is 1. The predicted molar refractivity (Wildman–Crippen MR) is 94.1 cm³/mol. The molecule has 0 bridgehead atoms. The Balaban J connectivity index is 1.57. The molecule has 1 spiro atoms. The minimum atomic E-state index is -3.34. The Morgan fingerprint density at radius 1 is 1.12 bits per heavy atom. The van der Waals surface area contributed by atoms with Crippen LogP contribution in [-0.4, -0.2) is 43.0 Å². The number of amides is 1. The van der Waals surface area contributed by atoms with E-state index in [0.29, 0.717) is 13.1 Å². The molecule has 3 aliphatic rings. The van der Waals surface area contributed by atoms with Crippen molar-refractivity contribution in [3.8, 4) is 0 Å². The van der Waals surface area contributed by atoms with Gasteiger partial charge in [0.15, 0.2) is 0 Å². The van der Waals surface area contributed by atoms with Crippen molar-refractivity contribution in [1.29, 1.82) is 0 Å². The van der Waals surface area contributed by atoms with Gasteiger partial charge >= 0.3 is 0 Å². The van der Waals surface area contributed by atoms with Gasteiger partial charge in [0.2, 0.25) is 15.9 Å². The molecule has 0 aromatic heterocycles. The highest BCUT2D eigenvalue weighted by molar-refractivity contribution is 7.90. The zero-order valence-electron chi connectivity index (χ0n) is 13.6. The highest BCUT2D eigenvalue weighted by Crippen LogP contribution is 2.51. The third kappa shape index (κ3) is 2.48. The van der Waals surface area contributed by atoms with E-state index in [-0.39, 0.29) is 12.5 Å². The first-order valence-electron chi connectivity index (χ1n) is 8.59. The van der Waals surface area contributed by atoms with Gasteiger partial charge in [0.1, 0.15) is 0 Å². The summed E-state index contributed by atoms with van der Waals surface area (Å²) in [6.07, 6.45) is 7.95. The average Bonchev–Trinajstić information content (AvgIpc) is 3.36. The Kier molecular flexibility index (Phi) is 3.77. The van der Waals surface area contributed by atoms with Gasteiger partial charge in [0.25, 0.3) is 0 Å². The van der Waals surface area contributed by atoms with Crippen molar-refractivity contribution in [1.82, 2.24) is 4.31 Å². The second kappa shape index (κ2) is 5.70.